The van der Waals surface area contributed by atoms with Gasteiger partial charge in [0.15, 0.2) is 17.0 Å². The molecule has 164 valence electrons. The number of aromatic nitrogens is 4. The second-order valence-corrected chi connectivity index (χ2v) is 9.31. The van der Waals surface area contributed by atoms with Crippen molar-refractivity contribution >= 4 is 17.0 Å². The van der Waals surface area contributed by atoms with Gasteiger partial charge in [0.2, 0.25) is 0 Å². The Morgan fingerprint density at radius 2 is 1.97 bits per heavy atom. The van der Waals surface area contributed by atoms with E-state index in [1.165, 1.54) is 44.9 Å². The predicted octanol–water partition coefficient (Wildman–Crippen LogP) is 3.45. The number of aliphatic hydroxyl groups excluding tert-OH is 1. The summed E-state index contributed by atoms with van der Waals surface area (Å²) < 4.78 is 13.7. The van der Waals surface area contributed by atoms with Crippen LogP contribution in [0, 0.1) is 17.8 Å². The summed E-state index contributed by atoms with van der Waals surface area (Å²) in [5.74, 6) is 2.99. The minimum atomic E-state index is -0.194. The zero-order valence-corrected chi connectivity index (χ0v) is 17.6. The molecule has 8 heteroatoms. The Kier molecular flexibility index (Phi) is 5.78. The number of nitrogen functional groups attached to an aromatic ring is 1. The molecule has 0 spiro atoms. The lowest BCUT2D eigenvalue weighted by Crippen LogP contribution is -2.28. The summed E-state index contributed by atoms with van der Waals surface area (Å²) in [6, 6.07) is 0.310. The Morgan fingerprint density at radius 1 is 1.10 bits per heavy atom. The molecule has 3 heterocycles. The summed E-state index contributed by atoms with van der Waals surface area (Å²) in [5.41, 5.74) is 7.31. The summed E-state index contributed by atoms with van der Waals surface area (Å²) in [5, 5.41) is 9.34. The molecule has 3 aliphatic rings. The summed E-state index contributed by atoms with van der Waals surface area (Å²) in [6.45, 7) is 0.644. The average molecular weight is 416 g/mol. The first-order chi connectivity index (χ1) is 14.7. The highest BCUT2D eigenvalue weighted by Crippen LogP contribution is 2.43. The molecular weight excluding hydrogens is 382 g/mol. The molecule has 3 fully saturated rings. The minimum Gasteiger partial charge on any atom is -0.463 e. The van der Waals surface area contributed by atoms with Gasteiger partial charge in [0, 0.05) is 0 Å². The van der Waals surface area contributed by atoms with E-state index < -0.39 is 0 Å². The number of rotatable bonds is 6. The number of imidazole rings is 1. The van der Waals surface area contributed by atoms with Gasteiger partial charge in [-0.25, -0.2) is 4.98 Å². The lowest BCUT2D eigenvalue weighted by Gasteiger charge is -2.39. The molecule has 2 aliphatic carbocycles. The van der Waals surface area contributed by atoms with Crippen molar-refractivity contribution in [2.45, 2.75) is 76.5 Å². The maximum Gasteiger partial charge on any atom is 0.320 e. The van der Waals surface area contributed by atoms with Crippen molar-refractivity contribution in [2.75, 3.05) is 18.9 Å². The Hall–Kier alpha value is -1.93. The van der Waals surface area contributed by atoms with Crippen LogP contribution in [-0.2, 0) is 4.74 Å². The van der Waals surface area contributed by atoms with E-state index in [1.54, 1.807) is 6.33 Å². The van der Waals surface area contributed by atoms with Crippen LogP contribution in [0.4, 0.5) is 5.82 Å². The number of aliphatic hydroxyl groups is 1. The summed E-state index contributed by atoms with van der Waals surface area (Å²) in [7, 11) is 0. The van der Waals surface area contributed by atoms with Crippen LogP contribution < -0.4 is 10.5 Å². The Balaban J connectivity index is 1.22. The van der Waals surface area contributed by atoms with E-state index in [1.807, 2.05) is 4.57 Å². The van der Waals surface area contributed by atoms with Gasteiger partial charge in [0.25, 0.3) is 0 Å². The summed E-state index contributed by atoms with van der Waals surface area (Å²) in [4.78, 5) is 13.3. The molecule has 5 rings (SSSR count). The van der Waals surface area contributed by atoms with Gasteiger partial charge in [-0.3, -0.25) is 4.57 Å². The lowest BCUT2D eigenvalue weighted by molar-refractivity contribution is -0.0207. The van der Waals surface area contributed by atoms with E-state index in [0.29, 0.717) is 29.6 Å². The molecule has 5 unspecified atom stereocenters. The van der Waals surface area contributed by atoms with Crippen molar-refractivity contribution in [3.8, 4) is 6.01 Å². The molecule has 30 heavy (non-hydrogen) atoms. The van der Waals surface area contributed by atoms with Crippen LogP contribution in [-0.4, -0.2) is 43.9 Å². The normalized spacial score (nSPS) is 31.7. The van der Waals surface area contributed by atoms with E-state index in [9.17, 15) is 5.11 Å². The van der Waals surface area contributed by atoms with Crippen molar-refractivity contribution < 1.29 is 14.6 Å². The molecular formula is C22H33N5O3. The highest BCUT2D eigenvalue weighted by Gasteiger charge is 2.32. The molecule has 2 aromatic rings. The minimum absolute atomic E-state index is 0.0252. The maximum absolute atomic E-state index is 9.34. The highest BCUT2D eigenvalue weighted by atomic mass is 16.5. The third kappa shape index (κ3) is 3.99. The number of ether oxygens (including phenoxy) is 2. The van der Waals surface area contributed by atoms with Gasteiger partial charge in [-0.15, -0.1) is 0 Å². The third-order valence-electron chi connectivity index (χ3n) is 7.43. The van der Waals surface area contributed by atoms with E-state index in [-0.39, 0.29) is 18.9 Å². The van der Waals surface area contributed by atoms with Crippen LogP contribution in [0.15, 0.2) is 6.33 Å². The first-order valence-corrected chi connectivity index (χ1v) is 11.6. The van der Waals surface area contributed by atoms with E-state index in [4.69, 9.17) is 15.2 Å². The monoisotopic (exact) mass is 415 g/mol. The molecule has 0 amide bonds. The fourth-order valence-electron chi connectivity index (χ4n) is 5.77. The molecule has 0 bridgehead atoms. The Labute approximate surface area is 177 Å². The zero-order chi connectivity index (χ0) is 20.5. The van der Waals surface area contributed by atoms with Gasteiger partial charge in [-0.1, -0.05) is 32.1 Å². The number of hydrogen-bond acceptors (Lipinski definition) is 7. The summed E-state index contributed by atoms with van der Waals surface area (Å²) >= 11 is 0. The number of nitrogens with two attached hydrogens (primary N) is 1. The number of anilines is 1. The maximum atomic E-state index is 9.34. The molecule has 0 aromatic carbocycles. The largest absolute Gasteiger partial charge is 0.463 e. The van der Waals surface area contributed by atoms with Crippen LogP contribution in [0.1, 0.15) is 70.4 Å². The Bertz CT molecular complexity index is 872. The van der Waals surface area contributed by atoms with Crippen LogP contribution in [0.2, 0.25) is 0 Å². The van der Waals surface area contributed by atoms with Crippen LogP contribution in [0.5, 0.6) is 6.01 Å². The summed E-state index contributed by atoms with van der Waals surface area (Å²) in [6.07, 6.45) is 13.8. The van der Waals surface area contributed by atoms with Crippen molar-refractivity contribution in [1.29, 1.82) is 0 Å². The molecule has 8 nitrogen and oxygen atoms in total. The van der Waals surface area contributed by atoms with Gasteiger partial charge < -0.3 is 20.3 Å². The molecule has 0 radical (unpaired) electrons. The first-order valence-electron chi connectivity index (χ1n) is 11.6. The fraction of sp³-hybridized carbons (Fsp3) is 0.773. The van der Waals surface area contributed by atoms with Crippen molar-refractivity contribution in [1.82, 2.24) is 19.5 Å². The van der Waals surface area contributed by atoms with E-state index in [2.05, 4.69) is 15.0 Å². The van der Waals surface area contributed by atoms with Crippen molar-refractivity contribution in [2.24, 2.45) is 17.8 Å². The van der Waals surface area contributed by atoms with Gasteiger partial charge in [-0.2, -0.15) is 9.97 Å². The zero-order valence-electron chi connectivity index (χ0n) is 17.6. The molecule has 2 aromatic heterocycles. The predicted molar refractivity (Wildman–Crippen MR) is 113 cm³/mol. The molecule has 1 saturated heterocycles. The van der Waals surface area contributed by atoms with Gasteiger partial charge in [0.05, 0.1) is 25.6 Å². The smallest absolute Gasteiger partial charge is 0.320 e. The van der Waals surface area contributed by atoms with Crippen molar-refractivity contribution in [3.05, 3.63) is 6.33 Å². The van der Waals surface area contributed by atoms with Gasteiger partial charge in [0.1, 0.15) is 6.23 Å². The average Bonchev–Trinajstić information content (AvgIpc) is 3.40. The Morgan fingerprint density at radius 3 is 2.80 bits per heavy atom. The molecule has 1 aliphatic heterocycles. The SMILES string of the molecule is Nc1nc(OCCC2CCC3CCCCC3C2)nc2c1ncn2C1CCC(CO)O1. The standard InChI is InChI=1S/C22H33N5O3/c23-20-19-21(27(13-24-19)18-8-7-17(12-28)30-18)26-22(25-20)29-10-9-14-5-6-15-3-1-2-4-16(15)11-14/h13-18,28H,1-12H2,(H2,23,25,26). The number of fused-ring (bicyclic) bond motifs is 2. The van der Waals surface area contributed by atoms with Crippen molar-refractivity contribution in [3.63, 3.8) is 0 Å². The van der Waals surface area contributed by atoms with Crippen LogP contribution in [0.3, 0.4) is 0 Å². The second-order valence-electron chi connectivity index (χ2n) is 9.31. The highest BCUT2D eigenvalue weighted by molar-refractivity contribution is 5.82. The second kappa shape index (κ2) is 8.67. The topological polar surface area (TPSA) is 108 Å². The molecule has 2 saturated carbocycles. The quantitative estimate of drug-likeness (QED) is 0.744. The number of hydrogen-bond donors (Lipinski definition) is 2. The lowest BCUT2D eigenvalue weighted by atomic mass is 9.67. The third-order valence-corrected chi connectivity index (χ3v) is 7.43. The first kappa shape index (κ1) is 20.0. The van der Waals surface area contributed by atoms with E-state index >= 15 is 0 Å². The number of nitrogens with zero attached hydrogens (tertiary/aromatic N) is 4. The van der Waals surface area contributed by atoms with Gasteiger partial charge in [-0.05, 0) is 49.9 Å². The molecule has 3 N–H and O–H groups in total. The van der Waals surface area contributed by atoms with E-state index in [0.717, 1.165) is 37.0 Å². The fourth-order valence-corrected chi connectivity index (χ4v) is 5.77. The van der Waals surface area contributed by atoms with Crippen LogP contribution >= 0.6 is 0 Å². The van der Waals surface area contributed by atoms with Gasteiger partial charge >= 0.3 is 6.01 Å². The molecule has 5 atom stereocenters. The van der Waals surface area contributed by atoms with Crippen LogP contribution in [0.25, 0.3) is 11.2 Å².